The van der Waals surface area contributed by atoms with E-state index in [0.717, 1.165) is 51.4 Å². The summed E-state index contributed by atoms with van der Waals surface area (Å²) in [5, 5.41) is 8.87. The Balaban J connectivity index is 4.27. The lowest BCUT2D eigenvalue weighted by Crippen LogP contribution is -2.34. The molecule has 0 aliphatic carbocycles. The average Bonchev–Trinajstić information content (AvgIpc) is 3.14. The van der Waals surface area contributed by atoms with Crippen LogP contribution in [0.3, 0.4) is 0 Å². The van der Waals surface area contributed by atoms with Gasteiger partial charge in [0.25, 0.3) is 0 Å². The number of aliphatic carboxylic acids is 1. The quantitative estimate of drug-likeness (QED) is 0.0233. The Labute approximate surface area is 328 Å². The summed E-state index contributed by atoms with van der Waals surface area (Å²) in [6.07, 6.45) is 38.2. The Hall–Kier alpha value is -2.04. The zero-order chi connectivity index (χ0) is 40.0. The monoisotopic (exact) mass is 788 g/mol. The van der Waals surface area contributed by atoms with Crippen molar-refractivity contribution in [2.45, 2.75) is 206 Å². The summed E-state index contributed by atoms with van der Waals surface area (Å²) >= 11 is 0. The number of carboxylic acid groups (broad SMARTS) is 1. The Kier molecular flexibility index (Phi) is 36.4. The normalized spacial score (nSPS) is 14.0. The molecule has 0 spiro atoms. The number of phosphoric acid groups is 1. The Bertz CT molecular complexity index is 1020. The van der Waals surface area contributed by atoms with Gasteiger partial charge < -0.3 is 25.2 Å². The van der Waals surface area contributed by atoms with E-state index in [1.807, 2.05) is 0 Å². The maximum atomic E-state index is 12.6. The topological polar surface area (TPSA) is 172 Å². The summed E-state index contributed by atoms with van der Waals surface area (Å²) < 4.78 is 32.6. The van der Waals surface area contributed by atoms with Crippen molar-refractivity contribution >= 4 is 25.7 Å². The van der Waals surface area contributed by atoms with E-state index in [1.54, 1.807) is 0 Å². The van der Waals surface area contributed by atoms with Crippen molar-refractivity contribution in [1.82, 2.24) is 0 Å². The lowest BCUT2D eigenvalue weighted by Gasteiger charge is -2.20. The molecule has 0 rings (SSSR count). The molecule has 0 aromatic heterocycles. The van der Waals surface area contributed by atoms with Gasteiger partial charge in [0.1, 0.15) is 12.6 Å². The molecule has 4 N–H and O–H groups in total. The number of carbonyl (C=O) groups is 3. The van der Waals surface area contributed by atoms with Crippen LogP contribution in [0.15, 0.2) is 24.3 Å². The van der Waals surface area contributed by atoms with E-state index < -0.39 is 51.1 Å². The maximum Gasteiger partial charge on any atom is 0.472 e. The molecular formula is C42H78NO10P. The minimum atomic E-state index is -4.71. The first kappa shape index (κ1) is 52.0. The van der Waals surface area contributed by atoms with E-state index >= 15 is 0 Å². The van der Waals surface area contributed by atoms with Crippen LogP contribution >= 0.6 is 7.82 Å². The van der Waals surface area contributed by atoms with Crippen LogP contribution in [0.4, 0.5) is 0 Å². The molecule has 0 aromatic rings. The number of allylic oxidation sites excluding steroid dienone is 4. The van der Waals surface area contributed by atoms with Crippen molar-refractivity contribution in [3.63, 3.8) is 0 Å². The molecule has 0 fully saturated rings. The van der Waals surface area contributed by atoms with Gasteiger partial charge in [-0.2, -0.15) is 0 Å². The molecule has 0 aliphatic heterocycles. The SMILES string of the molecule is CCCCCCC/C=C\C/C=C\CCCCCCCCCCCC(=O)OC(COC(=O)CCCCCCCCCCC)COP(=O)(O)OCC(N)C(=O)O. The molecular weight excluding hydrogens is 709 g/mol. The van der Waals surface area contributed by atoms with Crippen LogP contribution in [-0.4, -0.2) is 59.9 Å². The number of ether oxygens (including phenoxy) is 2. The van der Waals surface area contributed by atoms with Crippen LogP contribution in [0.2, 0.25) is 0 Å². The molecule has 0 heterocycles. The predicted octanol–water partition coefficient (Wildman–Crippen LogP) is 11.1. The number of unbranched alkanes of at least 4 members (excludes halogenated alkanes) is 22. The van der Waals surface area contributed by atoms with Crippen LogP contribution in [0.1, 0.15) is 194 Å². The third-order valence-electron chi connectivity index (χ3n) is 9.20. The fourth-order valence-electron chi connectivity index (χ4n) is 5.80. The first-order valence-corrected chi connectivity index (χ1v) is 22.9. The van der Waals surface area contributed by atoms with Crippen LogP contribution in [0.25, 0.3) is 0 Å². The Morgan fingerprint density at radius 3 is 1.44 bits per heavy atom. The lowest BCUT2D eigenvalue weighted by atomic mass is 10.1. The molecule has 3 atom stereocenters. The lowest BCUT2D eigenvalue weighted by molar-refractivity contribution is -0.161. The number of phosphoric ester groups is 1. The smallest absolute Gasteiger partial charge is 0.472 e. The van der Waals surface area contributed by atoms with Crippen molar-refractivity contribution in [2.75, 3.05) is 19.8 Å². The highest BCUT2D eigenvalue weighted by Gasteiger charge is 2.28. The van der Waals surface area contributed by atoms with Gasteiger partial charge in [-0.1, -0.05) is 160 Å². The van der Waals surface area contributed by atoms with Gasteiger partial charge in [0.2, 0.25) is 0 Å². The van der Waals surface area contributed by atoms with Gasteiger partial charge in [0.15, 0.2) is 6.10 Å². The summed E-state index contributed by atoms with van der Waals surface area (Å²) in [6, 6.07) is -1.52. The number of esters is 2. The number of hydrogen-bond acceptors (Lipinski definition) is 9. The van der Waals surface area contributed by atoms with Gasteiger partial charge in [-0.25, -0.2) is 4.57 Å². The largest absolute Gasteiger partial charge is 0.480 e. The summed E-state index contributed by atoms with van der Waals surface area (Å²) in [5.41, 5.74) is 5.32. The van der Waals surface area contributed by atoms with Crippen LogP contribution in [-0.2, 0) is 37.5 Å². The molecule has 0 bridgehead atoms. The molecule has 12 heteroatoms. The second-order valence-corrected chi connectivity index (χ2v) is 15.9. The second kappa shape index (κ2) is 37.9. The Morgan fingerprint density at radius 2 is 0.981 bits per heavy atom. The summed E-state index contributed by atoms with van der Waals surface area (Å²) in [5.74, 6) is -2.38. The maximum absolute atomic E-state index is 12.6. The zero-order valence-electron chi connectivity index (χ0n) is 34.1. The number of hydrogen-bond donors (Lipinski definition) is 3. The van der Waals surface area contributed by atoms with E-state index in [-0.39, 0.29) is 19.4 Å². The summed E-state index contributed by atoms with van der Waals surface area (Å²) in [6.45, 7) is 2.76. The highest BCUT2D eigenvalue weighted by Crippen LogP contribution is 2.43. The van der Waals surface area contributed by atoms with E-state index in [9.17, 15) is 23.8 Å². The van der Waals surface area contributed by atoms with Crippen LogP contribution in [0, 0.1) is 0 Å². The van der Waals surface area contributed by atoms with Crippen LogP contribution in [0.5, 0.6) is 0 Å². The van der Waals surface area contributed by atoms with Gasteiger partial charge in [-0.05, 0) is 44.9 Å². The van der Waals surface area contributed by atoms with Crippen LogP contribution < -0.4 is 5.73 Å². The van der Waals surface area contributed by atoms with Gasteiger partial charge in [0.05, 0.1) is 13.2 Å². The number of nitrogens with two attached hydrogens (primary N) is 1. The number of carboxylic acids is 1. The third kappa shape index (κ3) is 36.9. The molecule has 316 valence electrons. The van der Waals surface area contributed by atoms with Gasteiger partial charge in [0, 0.05) is 12.8 Å². The highest BCUT2D eigenvalue weighted by molar-refractivity contribution is 7.47. The standard InChI is InChI=1S/C42H78NO10P/c1-3-5-7-9-11-13-14-15-16-17-18-19-20-21-22-23-24-26-28-30-32-34-41(45)53-38(36-51-54(48,49)52-37-39(43)42(46)47)35-50-40(44)33-31-29-27-25-12-10-8-6-4-2/h14-15,17-18,38-39H,3-13,16,19-37,43H2,1-2H3,(H,46,47)(H,48,49)/b15-14-,18-17-. The van der Waals surface area contributed by atoms with Crippen molar-refractivity contribution in [2.24, 2.45) is 5.73 Å². The molecule has 0 aliphatic rings. The predicted molar refractivity (Wildman–Crippen MR) is 217 cm³/mol. The van der Waals surface area contributed by atoms with Crippen molar-refractivity contribution in [3.8, 4) is 0 Å². The fraction of sp³-hybridized carbons (Fsp3) is 0.833. The molecule has 54 heavy (non-hydrogen) atoms. The number of rotatable bonds is 40. The summed E-state index contributed by atoms with van der Waals surface area (Å²) in [7, 11) is -4.71. The molecule has 3 unspecified atom stereocenters. The first-order chi connectivity index (χ1) is 26.1. The van der Waals surface area contributed by atoms with Crippen molar-refractivity contribution in [1.29, 1.82) is 0 Å². The van der Waals surface area contributed by atoms with E-state index in [4.69, 9.17) is 24.8 Å². The average molecular weight is 788 g/mol. The van der Waals surface area contributed by atoms with E-state index in [1.165, 1.54) is 103 Å². The van der Waals surface area contributed by atoms with E-state index in [2.05, 4.69) is 42.7 Å². The van der Waals surface area contributed by atoms with Crippen molar-refractivity contribution < 1.29 is 47.5 Å². The zero-order valence-corrected chi connectivity index (χ0v) is 35.0. The van der Waals surface area contributed by atoms with Gasteiger partial charge in [-0.3, -0.25) is 23.4 Å². The molecule has 0 amide bonds. The third-order valence-corrected chi connectivity index (χ3v) is 10.2. The van der Waals surface area contributed by atoms with E-state index in [0.29, 0.717) is 12.8 Å². The minimum absolute atomic E-state index is 0.159. The van der Waals surface area contributed by atoms with Crippen molar-refractivity contribution in [3.05, 3.63) is 24.3 Å². The molecule has 0 aromatic carbocycles. The summed E-state index contributed by atoms with van der Waals surface area (Å²) in [4.78, 5) is 45.8. The molecule has 0 saturated heterocycles. The van der Waals surface area contributed by atoms with Gasteiger partial charge in [-0.15, -0.1) is 0 Å². The Morgan fingerprint density at radius 1 is 0.574 bits per heavy atom. The fourth-order valence-corrected chi connectivity index (χ4v) is 6.58. The molecule has 0 saturated carbocycles. The second-order valence-electron chi connectivity index (χ2n) is 14.5. The highest BCUT2D eigenvalue weighted by atomic mass is 31.2. The van der Waals surface area contributed by atoms with Gasteiger partial charge >= 0.3 is 25.7 Å². The minimum Gasteiger partial charge on any atom is -0.480 e. The molecule has 0 radical (unpaired) electrons. The molecule has 11 nitrogen and oxygen atoms in total. The number of carbonyl (C=O) groups excluding carboxylic acids is 2. The first-order valence-electron chi connectivity index (χ1n) is 21.4.